The van der Waals surface area contributed by atoms with Gasteiger partial charge in [0.15, 0.2) is 5.82 Å². The van der Waals surface area contributed by atoms with Crippen LogP contribution in [0.5, 0.6) is 0 Å². The van der Waals surface area contributed by atoms with Gasteiger partial charge in [-0.15, -0.1) is 5.10 Å². The minimum Gasteiger partial charge on any atom is -0.325 e. The standard InChI is InChI=1S/C28H25N5O2/c1-19-13-15-22(16-14-19)26-30-28-32(18-25(34)29-23-11-7-4-8-12-23)20(2)24(27(35)33(28)31-26)17-21-9-5-3-6-10-21/h3-16H,17-18H2,1-2H3,(H,29,34). The summed E-state index contributed by atoms with van der Waals surface area (Å²) in [6.07, 6.45) is 0.432. The minimum atomic E-state index is -0.230. The molecule has 3 aromatic carbocycles. The van der Waals surface area contributed by atoms with Gasteiger partial charge >= 0.3 is 0 Å². The van der Waals surface area contributed by atoms with Crippen LogP contribution >= 0.6 is 0 Å². The van der Waals surface area contributed by atoms with E-state index in [0.717, 1.165) is 16.7 Å². The molecule has 0 saturated heterocycles. The fourth-order valence-electron chi connectivity index (χ4n) is 4.09. The summed E-state index contributed by atoms with van der Waals surface area (Å²) in [5.74, 6) is 0.564. The minimum absolute atomic E-state index is 0.00166. The summed E-state index contributed by atoms with van der Waals surface area (Å²) >= 11 is 0. The topological polar surface area (TPSA) is 81.3 Å². The summed E-state index contributed by atoms with van der Waals surface area (Å²) in [4.78, 5) is 31.2. The van der Waals surface area contributed by atoms with Crippen LogP contribution < -0.4 is 10.9 Å². The van der Waals surface area contributed by atoms with Gasteiger partial charge in [-0.1, -0.05) is 78.4 Å². The SMILES string of the molecule is Cc1ccc(-c2nc3n(CC(=O)Nc4ccccc4)c(C)c(Cc4ccccc4)c(=O)n3n2)cc1. The lowest BCUT2D eigenvalue weighted by molar-refractivity contribution is -0.116. The number of para-hydroxylation sites is 1. The number of amides is 1. The third kappa shape index (κ3) is 4.61. The Morgan fingerprint density at radius 2 is 1.54 bits per heavy atom. The molecule has 1 amide bonds. The zero-order chi connectivity index (χ0) is 24.4. The zero-order valence-corrected chi connectivity index (χ0v) is 19.6. The fourth-order valence-corrected chi connectivity index (χ4v) is 4.09. The fraction of sp³-hybridized carbons (Fsp3) is 0.143. The first-order valence-electron chi connectivity index (χ1n) is 11.4. The first kappa shape index (κ1) is 22.3. The number of aromatic nitrogens is 4. The van der Waals surface area contributed by atoms with E-state index in [1.54, 1.807) is 4.57 Å². The Morgan fingerprint density at radius 1 is 0.886 bits per heavy atom. The molecule has 7 heteroatoms. The Balaban J connectivity index is 1.62. The first-order valence-corrected chi connectivity index (χ1v) is 11.4. The van der Waals surface area contributed by atoms with Crippen LogP contribution in [0.4, 0.5) is 5.69 Å². The Kier molecular flexibility index (Phi) is 5.97. The molecule has 0 aliphatic carbocycles. The summed E-state index contributed by atoms with van der Waals surface area (Å²) in [7, 11) is 0. The van der Waals surface area contributed by atoms with Crippen LogP contribution in [0.2, 0.25) is 0 Å². The van der Waals surface area contributed by atoms with Gasteiger partial charge in [0, 0.05) is 28.9 Å². The summed E-state index contributed by atoms with van der Waals surface area (Å²) in [6, 6.07) is 26.9. The van der Waals surface area contributed by atoms with E-state index in [0.29, 0.717) is 35.0 Å². The van der Waals surface area contributed by atoms with Gasteiger partial charge < -0.3 is 9.88 Å². The van der Waals surface area contributed by atoms with Gasteiger partial charge in [0.25, 0.3) is 5.56 Å². The molecule has 0 radical (unpaired) electrons. The maximum Gasteiger partial charge on any atom is 0.279 e. The number of fused-ring (bicyclic) bond motifs is 1. The van der Waals surface area contributed by atoms with E-state index in [1.165, 1.54) is 4.52 Å². The number of benzene rings is 3. The molecule has 0 fully saturated rings. The lowest BCUT2D eigenvalue weighted by atomic mass is 10.0. The van der Waals surface area contributed by atoms with Crippen LogP contribution in [0.15, 0.2) is 89.7 Å². The van der Waals surface area contributed by atoms with Crippen molar-refractivity contribution in [2.24, 2.45) is 0 Å². The Morgan fingerprint density at radius 3 is 2.23 bits per heavy atom. The molecule has 1 N–H and O–H groups in total. The molecule has 0 aliphatic heterocycles. The quantitative estimate of drug-likeness (QED) is 0.405. The highest BCUT2D eigenvalue weighted by Gasteiger charge is 2.20. The van der Waals surface area contributed by atoms with Crippen LogP contribution in [0.1, 0.15) is 22.4 Å². The average Bonchev–Trinajstić information content (AvgIpc) is 3.32. The molecule has 5 rings (SSSR count). The molecule has 35 heavy (non-hydrogen) atoms. The van der Waals surface area contributed by atoms with E-state index in [4.69, 9.17) is 0 Å². The maximum atomic E-state index is 13.5. The van der Waals surface area contributed by atoms with Crippen molar-refractivity contribution < 1.29 is 4.79 Å². The van der Waals surface area contributed by atoms with Crippen molar-refractivity contribution >= 4 is 17.4 Å². The molecule has 0 saturated carbocycles. The second-order valence-electron chi connectivity index (χ2n) is 8.55. The van der Waals surface area contributed by atoms with E-state index >= 15 is 0 Å². The second-order valence-corrected chi connectivity index (χ2v) is 8.55. The molecule has 0 spiro atoms. The van der Waals surface area contributed by atoms with Crippen molar-refractivity contribution in [3.63, 3.8) is 0 Å². The van der Waals surface area contributed by atoms with E-state index in [-0.39, 0.29) is 18.0 Å². The summed E-state index contributed by atoms with van der Waals surface area (Å²) in [5, 5.41) is 7.46. The van der Waals surface area contributed by atoms with E-state index < -0.39 is 0 Å². The van der Waals surface area contributed by atoms with Gasteiger partial charge in [0.1, 0.15) is 6.54 Å². The lowest BCUT2D eigenvalue weighted by Crippen LogP contribution is -2.29. The number of nitrogens with one attached hydrogen (secondary N) is 1. The van der Waals surface area contributed by atoms with Crippen LogP contribution in [0, 0.1) is 13.8 Å². The van der Waals surface area contributed by atoms with Crippen molar-refractivity contribution in [3.05, 3.63) is 118 Å². The van der Waals surface area contributed by atoms with E-state index in [9.17, 15) is 9.59 Å². The summed E-state index contributed by atoms with van der Waals surface area (Å²) in [5.41, 5.74) is 4.68. The molecule has 7 nitrogen and oxygen atoms in total. The Bertz CT molecular complexity index is 1550. The van der Waals surface area contributed by atoms with Gasteiger partial charge in [-0.05, 0) is 31.5 Å². The number of anilines is 1. The molecule has 5 aromatic rings. The predicted octanol–water partition coefficient (Wildman–Crippen LogP) is 4.40. The van der Waals surface area contributed by atoms with E-state index in [2.05, 4.69) is 15.4 Å². The number of rotatable bonds is 6. The van der Waals surface area contributed by atoms with Crippen molar-refractivity contribution in [1.82, 2.24) is 19.2 Å². The van der Waals surface area contributed by atoms with Crippen molar-refractivity contribution in [1.29, 1.82) is 0 Å². The lowest BCUT2D eigenvalue weighted by Gasteiger charge is -2.15. The molecule has 0 aliphatic rings. The maximum absolute atomic E-state index is 13.5. The van der Waals surface area contributed by atoms with Crippen molar-refractivity contribution in [2.45, 2.75) is 26.8 Å². The summed E-state index contributed by atoms with van der Waals surface area (Å²) in [6.45, 7) is 3.86. The van der Waals surface area contributed by atoms with Crippen molar-refractivity contribution in [2.75, 3.05) is 5.32 Å². The Hall–Kier alpha value is -4.52. The number of carbonyl (C=O) groups excluding carboxylic acids is 1. The van der Waals surface area contributed by atoms with Gasteiger partial charge in [-0.25, -0.2) is 0 Å². The predicted molar refractivity (Wildman–Crippen MR) is 136 cm³/mol. The molecule has 174 valence electrons. The van der Waals surface area contributed by atoms with E-state index in [1.807, 2.05) is 98.8 Å². The molecular formula is C28H25N5O2. The van der Waals surface area contributed by atoms with Gasteiger partial charge in [0.2, 0.25) is 11.7 Å². The molecule has 0 bridgehead atoms. The first-order chi connectivity index (χ1) is 17.0. The largest absolute Gasteiger partial charge is 0.325 e. The normalized spacial score (nSPS) is 11.0. The number of aryl methyl sites for hydroxylation is 1. The van der Waals surface area contributed by atoms with Gasteiger partial charge in [-0.2, -0.15) is 9.50 Å². The van der Waals surface area contributed by atoms with Crippen LogP contribution in [0.25, 0.3) is 17.2 Å². The molecule has 2 aromatic heterocycles. The number of hydrogen-bond donors (Lipinski definition) is 1. The van der Waals surface area contributed by atoms with Crippen molar-refractivity contribution in [3.8, 4) is 11.4 Å². The summed E-state index contributed by atoms with van der Waals surface area (Å²) < 4.78 is 3.08. The molecular weight excluding hydrogens is 438 g/mol. The second kappa shape index (κ2) is 9.38. The highest BCUT2D eigenvalue weighted by Crippen LogP contribution is 2.19. The molecule has 0 unspecified atom stereocenters. The smallest absolute Gasteiger partial charge is 0.279 e. The van der Waals surface area contributed by atoms with Gasteiger partial charge in [-0.3, -0.25) is 9.59 Å². The Labute approximate surface area is 202 Å². The average molecular weight is 464 g/mol. The number of carbonyl (C=O) groups is 1. The van der Waals surface area contributed by atoms with Crippen LogP contribution in [-0.2, 0) is 17.8 Å². The third-order valence-corrected chi connectivity index (χ3v) is 6.02. The molecule has 0 atom stereocenters. The van der Waals surface area contributed by atoms with Crippen LogP contribution in [0.3, 0.4) is 0 Å². The highest BCUT2D eigenvalue weighted by atomic mass is 16.2. The number of hydrogen-bond acceptors (Lipinski definition) is 4. The zero-order valence-electron chi connectivity index (χ0n) is 19.6. The highest BCUT2D eigenvalue weighted by molar-refractivity contribution is 5.90. The van der Waals surface area contributed by atoms with Gasteiger partial charge in [0.05, 0.1) is 0 Å². The number of nitrogens with zero attached hydrogens (tertiary/aromatic N) is 4. The van der Waals surface area contributed by atoms with Crippen LogP contribution in [-0.4, -0.2) is 25.1 Å². The third-order valence-electron chi connectivity index (χ3n) is 6.02. The molecule has 2 heterocycles. The monoisotopic (exact) mass is 463 g/mol.